The highest BCUT2D eigenvalue weighted by Gasteiger charge is 2.52. The predicted molar refractivity (Wildman–Crippen MR) is 147 cm³/mol. The van der Waals surface area contributed by atoms with Gasteiger partial charge in [0.15, 0.2) is 0 Å². The van der Waals surface area contributed by atoms with Gasteiger partial charge in [0, 0.05) is 25.7 Å². The number of amides is 2. The molecule has 2 amide bonds. The molecule has 2 N–H and O–H groups in total. The molecule has 2 aliphatic heterocycles. The number of halogens is 6. The normalized spacial score (nSPS) is 28.9. The van der Waals surface area contributed by atoms with Gasteiger partial charge in [0.2, 0.25) is 11.8 Å². The van der Waals surface area contributed by atoms with Crippen LogP contribution in [0.4, 0.5) is 26.3 Å². The Morgan fingerprint density at radius 2 is 1.31 bits per heavy atom. The van der Waals surface area contributed by atoms with Crippen molar-refractivity contribution in [1.29, 1.82) is 0 Å². The highest BCUT2D eigenvalue weighted by molar-refractivity contribution is 5.87. The first kappa shape index (κ1) is 33.3. The monoisotopic (exact) mass is 610 g/mol. The first-order valence-corrected chi connectivity index (χ1v) is 16.0. The molecule has 2 aliphatic carbocycles. The fourth-order valence-electron chi connectivity index (χ4n) is 8.11. The molecule has 0 aromatic carbocycles. The predicted octanol–water partition coefficient (Wildman–Crippen LogP) is 5.75. The van der Waals surface area contributed by atoms with E-state index < -0.39 is 61.3 Å². The first-order valence-electron chi connectivity index (χ1n) is 16.0. The molecule has 242 valence electrons. The Balaban J connectivity index is 1.46. The van der Waals surface area contributed by atoms with Crippen molar-refractivity contribution in [3.8, 4) is 0 Å². The summed E-state index contributed by atoms with van der Waals surface area (Å²) in [6.07, 6.45) is -0.729. The second-order valence-corrected chi connectivity index (χ2v) is 13.3. The van der Waals surface area contributed by atoms with Crippen molar-refractivity contribution in [2.75, 3.05) is 39.3 Å². The molecule has 0 radical (unpaired) electrons. The maximum Gasteiger partial charge on any atom is 0.391 e. The zero-order valence-corrected chi connectivity index (χ0v) is 24.6. The summed E-state index contributed by atoms with van der Waals surface area (Å²) in [5.74, 6) is -5.80. The SMILES string of the molecule is NC(=O)CN(CCC1CC(C(F)(F)F)CC(C(F)(F)F)C1)C(=O)C(C1CCCCC1)N1CCC(N2CCCCC2)CC1. The number of nitrogens with two attached hydrogens (primary N) is 1. The maximum absolute atomic E-state index is 14.2. The Hall–Kier alpha value is -1.56. The lowest BCUT2D eigenvalue weighted by molar-refractivity contribution is -0.229. The molecule has 42 heavy (non-hydrogen) atoms. The van der Waals surface area contributed by atoms with Crippen LogP contribution in [0.15, 0.2) is 0 Å². The van der Waals surface area contributed by atoms with E-state index in [1.165, 1.54) is 24.2 Å². The van der Waals surface area contributed by atoms with Crippen LogP contribution in [0.2, 0.25) is 0 Å². The van der Waals surface area contributed by atoms with Gasteiger partial charge in [-0.25, -0.2) is 0 Å². The number of piperidine rings is 2. The lowest BCUT2D eigenvalue weighted by Crippen LogP contribution is -2.57. The summed E-state index contributed by atoms with van der Waals surface area (Å²) in [5.41, 5.74) is 5.51. The summed E-state index contributed by atoms with van der Waals surface area (Å²) >= 11 is 0. The molecule has 2 saturated heterocycles. The van der Waals surface area contributed by atoms with Crippen LogP contribution in [0.1, 0.15) is 89.9 Å². The van der Waals surface area contributed by atoms with Crippen LogP contribution in [-0.4, -0.2) is 90.2 Å². The van der Waals surface area contributed by atoms with Gasteiger partial charge >= 0.3 is 12.4 Å². The van der Waals surface area contributed by atoms with E-state index in [1.807, 2.05) is 0 Å². The van der Waals surface area contributed by atoms with Gasteiger partial charge in [0.05, 0.1) is 24.4 Å². The van der Waals surface area contributed by atoms with Gasteiger partial charge in [-0.05, 0) is 89.1 Å². The highest BCUT2D eigenvalue weighted by Crippen LogP contribution is 2.48. The number of hydrogen-bond acceptors (Lipinski definition) is 4. The van der Waals surface area contributed by atoms with Crippen molar-refractivity contribution in [1.82, 2.24) is 14.7 Å². The maximum atomic E-state index is 14.2. The Bertz CT molecular complexity index is 858. The lowest BCUT2D eigenvalue weighted by atomic mass is 9.73. The van der Waals surface area contributed by atoms with Crippen LogP contribution in [0.25, 0.3) is 0 Å². The minimum absolute atomic E-state index is 0.0212. The molecule has 6 nitrogen and oxygen atoms in total. The van der Waals surface area contributed by atoms with Gasteiger partial charge in [0.1, 0.15) is 0 Å². The molecule has 0 aromatic rings. The Morgan fingerprint density at radius 1 is 0.762 bits per heavy atom. The van der Waals surface area contributed by atoms with E-state index in [4.69, 9.17) is 5.73 Å². The first-order chi connectivity index (χ1) is 19.8. The zero-order valence-electron chi connectivity index (χ0n) is 24.6. The van der Waals surface area contributed by atoms with E-state index in [0.717, 1.165) is 71.1 Å². The highest BCUT2D eigenvalue weighted by atomic mass is 19.4. The van der Waals surface area contributed by atoms with Crippen molar-refractivity contribution in [3.63, 3.8) is 0 Å². The quantitative estimate of drug-likeness (QED) is 0.338. The van der Waals surface area contributed by atoms with Crippen molar-refractivity contribution in [2.24, 2.45) is 29.4 Å². The van der Waals surface area contributed by atoms with Crippen molar-refractivity contribution in [2.45, 2.75) is 114 Å². The second kappa shape index (κ2) is 14.5. The topological polar surface area (TPSA) is 69.9 Å². The van der Waals surface area contributed by atoms with Crippen molar-refractivity contribution < 1.29 is 35.9 Å². The molecule has 4 fully saturated rings. The third-order valence-corrected chi connectivity index (χ3v) is 10.3. The van der Waals surface area contributed by atoms with E-state index in [-0.39, 0.29) is 31.3 Å². The van der Waals surface area contributed by atoms with Gasteiger partial charge < -0.3 is 15.5 Å². The molecule has 2 saturated carbocycles. The Morgan fingerprint density at radius 3 is 1.83 bits per heavy atom. The van der Waals surface area contributed by atoms with Crippen LogP contribution < -0.4 is 5.73 Å². The molecule has 12 heteroatoms. The minimum Gasteiger partial charge on any atom is -0.368 e. The summed E-state index contributed by atoms with van der Waals surface area (Å²) in [4.78, 5) is 32.3. The number of nitrogens with zero attached hydrogens (tertiary/aromatic N) is 3. The standard InChI is InChI=1S/C30H48F6N4O2/c31-29(32,33)23-17-21(18-24(19-23)30(34,35)36)9-14-40(20-26(37)41)28(42)27(22-7-3-1-4-8-22)39-15-10-25(11-16-39)38-12-5-2-6-13-38/h21-25,27H,1-20H2,(H2,37,41). The van der Waals surface area contributed by atoms with Crippen LogP contribution >= 0.6 is 0 Å². The Labute approximate surface area is 245 Å². The number of hydrogen-bond donors (Lipinski definition) is 1. The molecule has 4 aliphatic rings. The molecule has 0 bridgehead atoms. The fraction of sp³-hybridized carbons (Fsp3) is 0.933. The average molecular weight is 611 g/mol. The number of likely N-dealkylation sites (tertiary alicyclic amines) is 2. The second-order valence-electron chi connectivity index (χ2n) is 13.3. The van der Waals surface area contributed by atoms with Gasteiger partial charge in [-0.15, -0.1) is 0 Å². The average Bonchev–Trinajstić information content (AvgIpc) is 2.95. The number of rotatable bonds is 9. The molecular formula is C30H48F6N4O2. The van der Waals surface area contributed by atoms with E-state index in [2.05, 4.69) is 9.80 Å². The van der Waals surface area contributed by atoms with Gasteiger partial charge in [-0.1, -0.05) is 25.7 Å². The van der Waals surface area contributed by atoms with E-state index in [0.29, 0.717) is 6.04 Å². The van der Waals surface area contributed by atoms with Gasteiger partial charge in [-0.2, -0.15) is 26.3 Å². The smallest absolute Gasteiger partial charge is 0.368 e. The molecule has 2 heterocycles. The molecule has 4 rings (SSSR count). The van der Waals surface area contributed by atoms with Crippen LogP contribution in [0.5, 0.6) is 0 Å². The van der Waals surface area contributed by atoms with E-state index in [1.54, 1.807) is 0 Å². The van der Waals surface area contributed by atoms with Crippen molar-refractivity contribution in [3.05, 3.63) is 0 Å². The Kier molecular flexibility index (Phi) is 11.5. The summed E-state index contributed by atoms with van der Waals surface area (Å²) in [6, 6.07) is 0.0315. The fourth-order valence-corrected chi connectivity index (χ4v) is 8.11. The molecule has 0 spiro atoms. The molecule has 3 atom stereocenters. The van der Waals surface area contributed by atoms with Crippen molar-refractivity contribution >= 4 is 11.8 Å². The third kappa shape index (κ3) is 8.99. The van der Waals surface area contributed by atoms with Crippen LogP contribution in [0, 0.1) is 23.7 Å². The van der Waals surface area contributed by atoms with Crippen LogP contribution in [0.3, 0.4) is 0 Å². The largest absolute Gasteiger partial charge is 0.391 e. The summed E-state index contributed by atoms with van der Waals surface area (Å²) in [7, 11) is 0. The number of primary amides is 1. The number of carbonyl (C=O) groups excluding carboxylic acids is 2. The number of carbonyl (C=O) groups is 2. The minimum atomic E-state index is -4.71. The van der Waals surface area contributed by atoms with E-state index in [9.17, 15) is 35.9 Å². The number of alkyl halides is 6. The van der Waals surface area contributed by atoms with Crippen LogP contribution in [-0.2, 0) is 9.59 Å². The molecule has 3 unspecified atom stereocenters. The summed E-state index contributed by atoms with van der Waals surface area (Å²) < 4.78 is 81.2. The summed E-state index contributed by atoms with van der Waals surface area (Å²) in [5, 5.41) is 0. The lowest BCUT2D eigenvalue weighted by Gasteiger charge is -2.45. The molecular weight excluding hydrogens is 562 g/mol. The zero-order chi connectivity index (χ0) is 30.5. The molecule has 0 aromatic heterocycles. The van der Waals surface area contributed by atoms with Gasteiger partial charge in [0.25, 0.3) is 0 Å². The van der Waals surface area contributed by atoms with Gasteiger partial charge in [-0.3, -0.25) is 14.5 Å². The summed E-state index contributed by atoms with van der Waals surface area (Å²) in [6.45, 7) is 3.25. The third-order valence-electron chi connectivity index (χ3n) is 10.3. The van der Waals surface area contributed by atoms with E-state index >= 15 is 0 Å².